The Kier molecular flexibility index (Phi) is 9.46. The number of rotatable bonds is 5. The predicted octanol–water partition coefficient (Wildman–Crippen LogP) is 0.660. The Morgan fingerprint density at radius 1 is 1.24 bits per heavy atom. The molecule has 1 saturated heterocycles. The lowest BCUT2D eigenvalue weighted by Gasteiger charge is -2.36. The highest BCUT2D eigenvalue weighted by Crippen LogP contribution is 2.09. The van der Waals surface area contributed by atoms with Crippen LogP contribution in [-0.2, 0) is 4.79 Å². The van der Waals surface area contributed by atoms with Gasteiger partial charge in [-0.15, -0.1) is 24.0 Å². The molecule has 0 radical (unpaired) electrons. The van der Waals surface area contributed by atoms with Crippen molar-refractivity contribution in [2.75, 3.05) is 58.3 Å². The van der Waals surface area contributed by atoms with Crippen molar-refractivity contribution in [2.45, 2.75) is 13.3 Å². The molecule has 0 atom stereocenters. The fourth-order valence-corrected chi connectivity index (χ4v) is 2.48. The summed E-state index contributed by atoms with van der Waals surface area (Å²) < 4.78 is 0. The Morgan fingerprint density at radius 2 is 1.88 bits per heavy atom. The largest absolute Gasteiger partial charge is 0.357 e. The first kappa shape index (κ1) is 21.4. The van der Waals surface area contributed by atoms with Crippen molar-refractivity contribution in [3.63, 3.8) is 0 Å². The van der Waals surface area contributed by atoms with Crippen molar-refractivity contribution in [1.82, 2.24) is 25.1 Å². The zero-order chi connectivity index (χ0) is 17.4. The van der Waals surface area contributed by atoms with E-state index in [-0.39, 0.29) is 29.9 Å². The maximum absolute atomic E-state index is 11.7. The lowest BCUT2D eigenvalue weighted by molar-refractivity contribution is -0.128. The van der Waals surface area contributed by atoms with Gasteiger partial charge in [0, 0.05) is 65.6 Å². The molecule has 2 heterocycles. The number of anilines is 1. The van der Waals surface area contributed by atoms with Crippen LogP contribution in [0.15, 0.2) is 23.5 Å². The van der Waals surface area contributed by atoms with Crippen molar-refractivity contribution >= 4 is 41.8 Å². The Labute approximate surface area is 166 Å². The molecule has 2 rings (SSSR count). The second-order valence-corrected chi connectivity index (χ2v) is 5.80. The number of carbonyl (C=O) groups is 1. The number of hydrogen-bond donors (Lipinski definition) is 1. The number of nitrogens with one attached hydrogen (secondary N) is 1. The molecule has 1 amide bonds. The summed E-state index contributed by atoms with van der Waals surface area (Å²) >= 11 is 0. The van der Waals surface area contributed by atoms with E-state index in [0.717, 1.165) is 44.6 Å². The van der Waals surface area contributed by atoms with E-state index >= 15 is 0 Å². The van der Waals surface area contributed by atoms with Gasteiger partial charge in [-0.1, -0.05) is 0 Å². The van der Waals surface area contributed by atoms with E-state index in [2.05, 4.69) is 37.0 Å². The van der Waals surface area contributed by atoms with Crippen LogP contribution >= 0.6 is 24.0 Å². The van der Waals surface area contributed by atoms with Gasteiger partial charge in [-0.3, -0.25) is 9.79 Å². The third kappa shape index (κ3) is 6.63. The lowest BCUT2D eigenvalue weighted by Crippen LogP contribution is -2.53. The van der Waals surface area contributed by atoms with E-state index in [4.69, 9.17) is 0 Å². The van der Waals surface area contributed by atoms with Gasteiger partial charge in [-0.25, -0.2) is 9.97 Å². The molecule has 9 heteroatoms. The summed E-state index contributed by atoms with van der Waals surface area (Å²) in [6.45, 7) is 6.77. The van der Waals surface area contributed by atoms with Gasteiger partial charge in [0.15, 0.2) is 5.96 Å². The first-order valence-corrected chi connectivity index (χ1v) is 8.37. The van der Waals surface area contributed by atoms with Gasteiger partial charge in [-0.2, -0.15) is 0 Å². The van der Waals surface area contributed by atoms with Crippen LogP contribution in [0.4, 0.5) is 5.95 Å². The van der Waals surface area contributed by atoms with Gasteiger partial charge < -0.3 is 20.0 Å². The number of aliphatic imine (C=N–C) groups is 1. The molecule has 1 aliphatic rings. The second kappa shape index (κ2) is 11.1. The van der Waals surface area contributed by atoms with Gasteiger partial charge >= 0.3 is 0 Å². The van der Waals surface area contributed by atoms with Crippen molar-refractivity contribution in [2.24, 2.45) is 4.99 Å². The zero-order valence-corrected chi connectivity index (χ0v) is 17.5. The molecule has 1 aromatic heterocycles. The molecule has 1 aromatic rings. The fourth-order valence-electron chi connectivity index (χ4n) is 2.48. The van der Waals surface area contributed by atoms with E-state index in [1.165, 1.54) is 0 Å². The number of carbonyl (C=O) groups excluding carboxylic acids is 1. The molecule has 0 saturated carbocycles. The summed E-state index contributed by atoms with van der Waals surface area (Å²) in [6.07, 6.45) is 3.96. The highest BCUT2D eigenvalue weighted by molar-refractivity contribution is 14.0. The van der Waals surface area contributed by atoms with Crippen LogP contribution in [-0.4, -0.2) is 85.0 Å². The Balaban J connectivity index is 0.00000312. The molecule has 140 valence electrons. The van der Waals surface area contributed by atoms with Gasteiger partial charge in [0.05, 0.1) is 6.54 Å². The Bertz CT molecular complexity index is 545. The number of piperazine rings is 1. The predicted molar refractivity (Wildman–Crippen MR) is 111 cm³/mol. The normalized spacial score (nSPS) is 14.8. The van der Waals surface area contributed by atoms with Crippen LogP contribution in [0.5, 0.6) is 0 Å². The third-order valence-corrected chi connectivity index (χ3v) is 3.84. The number of aromatic nitrogens is 2. The minimum atomic E-state index is 0. The molecule has 0 spiro atoms. The van der Waals surface area contributed by atoms with Gasteiger partial charge in [0.1, 0.15) is 0 Å². The van der Waals surface area contributed by atoms with Gasteiger partial charge in [0.25, 0.3) is 0 Å². The quantitative estimate of drug-likeness (QED) is 0.395. The molecule has 1 aliphatic heterocycles. The SMILES string of the molecule is CCNC(=NCCC(=O)N(C)C)N1CCN(c2ncccn2)CC1.I. The summed E-state index contributed by atoms with van der Waals surface area (Å²) in [5.74, 6) is 1.74. The Hall–Kier alpha value is -1.65. The lowest BCUT2D eigenvalue weighted by atomic mass is 10.3. The summed E-state index contributed by atoms with van der Waals surface area (Å²) in [5.41, 5.74) is 0. The van der Waals surface area contributed by atoms with Crippen LogP contribution < -0.4 is 10.2 Å². The fraction of sp³-hybridized carbons (Fsp3) is 0.625. The van der Waals surface area contributed by atoms with Gasteiger partial charge in [0.2, 0.25) is 11.9 Å². The zero-order valence-electron chi connectivity index (χ0n) is 15.2. The van der Waals surface area contributed by atoms with E-state index in [9.17, 15) is 4.79 Å². The first-order chi connectivity index (χ1) is 11.6. The molecule has 0 aromatic carbocycles. The molecule has 8 nitrogen and oxygen atoms in total. The molecule has 0 bridgehead atoms. The van der Waals surface area contributed by atoms with Gasteiger partial charge in [-0.05, 0) is 13.0 Å². The van der Waals surface area contributed by atoms with Crippen LogP contribution in [0.2, 0.25) is 0 Å². The minimum Gasteiger partial charge on any atom is -0.357 e. The topological polar surface area (TPSA) is 77.0 Å². The molecule has 1 N–H and O–H groups in total. The summed E-state index contributed by atoms with van der Waals surface area (Å²) in [5, 5.41) is 3.31. The van der Waals surface area contributed by atoms with Crippen molar-refractivity contribution in [3.8, 4) is 0 Å². The highest BCUT2D eigenvalue weighted by atomic mass is 127. The van der Waals surface area contributed by atoms with Crippen LogP contribution in [0.3, 0.4) is 0 Å². The maximum Gasteiger partial charge on any atom is 0.225 e. The van der Waals surface area contributed by atoms with E-state index in [1.54, 1.807) is 31.4 Å². The summed E-state index contributed by atoms with van der Waals surface area (Å²) in [7, 11) is 3.53. The Morgan fingerprint density at radius 3 is 2.44 bits per heavy atom. The van der Waals surface area contributed by atoms with E-state index < -0.39 is 0 Å². The van der Waals surface area contributed by atoms with Crippen molar-refractivity contribution in [1.29, 1.82) is 0 Å². The highest BCUT2D eigenvalue weighted by Gasteiger charge is 2.21. The maximum atomic E-state index is 11.7. The molecule has 0 unspecified atom stereocenters. The van der Waals surface area contributed by atoms with Crippen LogP contribution in [0.1, 0.15) is 13.3 Å². The molecular weight excluding hydrogens is 433 g/mol. The number of guanidine groups is 1. The second-order valence-electron chi connectivity index (χ2n) is 5.80. The van der Waals surface area contributed by atoms with Crippen molar-refractivity contribution < 1.29 is 4.79 Å². The number of amides is 1. The van der Waals surface area contributed by atoms with E-state index in [0.29, 0.717) is 13.0 Å². The molecule has 25 heavy (non-hydrogen) atoms. The smallest absolute Gasteiger partial charge is 0.225 e. The summed E-state index contributed by atoms with van der Waals surface area (Å²) in [6, 6.07) is 1.82. The van der Waals surface area contributed by atoms with Crippen LogP contribution in [0, 0.1) is 0 Å². The average Bonchev–Trinajstić information content (AvgIpc) is 2.61. The third-order valence-electron chi connectivity index (χ3n) is 3.84. The molecule has 1 fully saturated rings. The number of halogens is 1. The minimum absolute atomic E-state index is 0. The summed E-state index contributed by atoms with van der Waals surface area (Å²) in [4.78, 5) is 30.9. The average molecular weight is 461 g/mol. The number of hydrogen-bond acceptors (Lipinski definition) is 5. The molecular formula is C16H28IN7O. The molecule has 0 aliphatic carbocycles. The monoisotopic (exact) mass is 461 g/mol. The van der Waals surface area contributed by atoms with Crippen molar-refractivity contribution in [3.05, 3.63) is 18.5 Å². The van der Waals surface area contributed by atoms with E-state index in [1.807, 2.05) is 6.07 Å². The first-order valence-electron chi connectivity index (χ1n) is 8.37. The number of nitrogens with zero attached hydrogens (tertiary/aromatic N) is 6. The van der Waals surface area contributed by atoms with Crippen LogP contribution in [0.25, 0.3) is 0 Å². The standard InChI is InChI=1S/C16H27N7O.HI/c1-4-17-15(20-9-6-14(24)21(2)3)22-10-12-23(13-11-22)16-18-7-5-8-19-16;/h5,7-8H,4,6,9-13H2,1-3H3,(H,17,20);1H.